The van der Waals surface area contributed by atoms with Crippen LogP contribution in [0.4, 0.5) is 10.2 Å². The van der Waals surface area contributed by atoms with E-state index in [1.165, 1.54) is 18.2 Å². The van der Waals surface area contributed by atoms with E-state index in [4.69, 9.17) is 5.73 Å². The molecule has 1 fully saturated rings. The molecule has 0 saturated heterocycles. The van der Waals surface area contributed by atoms with Gasteiger partial charge >= 0.3 is 0 Å². The lowest BCUT2D eigenvalue weighted by atomic mass is 9.92. The van der Waals surface area contributed by atoms with Gasteiger partial charge in [-0.3, -0.25) is 0 Å². The zero-order valence-electron chi connectivity index (χ0n) is 15.4. The fourth-order valence-corrected chi connectivity index (χ4v) is 3.86. The number of phenolic OH excluding ortho intramolecular Hbond substituents is 1. The first kappa shape index (κ1) is 19.1. The van der Waals surface area contributed by atoms with Gasteiger partial charge in [0.05, 0.1) is 11.3 Å². The van der Waals surface area contributed by atoms with E-state index in [9.17, 15) is 14.8 Å². The molecule has 2 atom stereocenters. The van der Waals surface area contributed by atoms with Gasteiger partial charge < -0.3 is 16.2 Å². The minimum Gasteiger partial charge on any atom is -0.507 e. The average molecular weight is 369 g/mol. The Bertz CT molecular complexity index is 864. The van der Waals surface area contributed by atoms with Crippen molar-refractivity contribution >= 4 is 5.82 Å². The molecule has 1 aliphatic carbocycles. The Kier molecular flexibility index (Phi) is 5.87. The van der Waals surface area contributed by atoms with E-state index in [1.54, 1.807) is 0 Å². The van der Waals surface area contributed by atoms with Gasteiger partial charge in [0.2, 0.25) is 0 Å². The van der Waals surface area contributed by atoms with E-state index in [1.807, 2.05) is 7.05 Å². The lowest BCUT2D eigenvalue weighted by molar-refractivity contribution is 0.438. The highest BCUT2D eigenvalue weighted by molar-refractivity contribution is 5.67. The molecule has 6 nitrogen and oxygen atoms in total. The second kappa shape index (κ2) is 8.31. The van der Waals surface area contributed by atoms with Crippen LogP contribution in [0, 0.1) is 23.1 Å². The molecule has 2 unspecified atom stereocenters. The van der Waals surface area contributed by atoms with Gasteiger partial charge in [-0.1, -0.05) is 6.42 Å². The van der Waals surface area contributed by atoms with Crippen molar-refractivity contribution in [2.75, 3.05) is 19.3 Å². The van der Waals surface area contributed by atoms with Gasteiger partial charge in [0, 0.05) is 5.92 Å². The van der Waals surface area contributed by atoms with Crippen molar-refractivity contribution in [3.05, 3.63) is 35.3 Å². The number of rotatable bonds is 4. The van der Waals surface area contributed by atoms with Crippen LogP contribution in [-0.4, -0.2) is 28.7 Å². The summed E-state index contributed by atoms with van der Waals surface area (Å²) in [5.74, 6) is 0.297. The molecule has 1 aromatic heterocycles. The van der Waals surface area contributed by atoms with E-state index in [0.29, 0.717) is 11.6 Å². The molecule has 0 bridgehead atoms. The first-order chi connectivity index (χ1) is 13.0. The largest absolute Gasteiger partial charge is 0.507 e. The third kappa shape index (κ3) is 4.17. The van der Waals surface area contributed by atoms with Crippen LogP contribution in [-0.2, 0) is 0 Å². The second-order valence-corrected chi connectivity index (χ2v) is 7.09. The van der Waals surface area contributed by atoms with Crippen molar-refractivity contribution in [3.63, 3.8) is 0 Å². The van der Waals surface area contributed by atoms with Crippen molar-refractivity contribution in [3.8, 4) is 23.2 Å². The Morgan fingerprint density at radius 2 is 2.11 bits per heavy atom. The number of nitrogens with one attached hydrogen (secondary N) is 1. The summed E-state index contributed by atoms with van der Waals surface area (Å²) in [6.07, 6.45) is 5.05. The summed E-state index contributed by atoms with van der Waals surface area (Å²) < 4.78 is 13.6. The quantitative estimate of drug-likeness (QED) is 0.714. The molecular weight excluding hydrogens is 345 g/mol. The monoisotopic (exact) mass is 369 g/mol. The topological polar surface area (TPSA) is 108 Å². The lowest BCUT2D eigenvalue weighted by Gasteiger charge is -2.18. The zero-order chi connectivity index (χ0) is 19.4. The number of aromatic hydroxyl groups is 1. The molecule has 0 amide bonds. The molecule has 1 aliphatic rings. The van der Waals surface area contributed by atoms with Crippen LogP contribution < -0.4 is 11.1 Å². The molecule has 0 radical (unpaired) electrons. The number of halogens is 1. The average Bonchev–Trinajstić information content (AvgIpc) is 2.89. The van der Waals surface area contributed by atoms with Crippen molar-refractivity contribution in [2.24, 2.45) is 5.92 Å². The Hall–Kier alpha value is -2.72. The minimum absolute atomic E-state index is 0.0668. The standard InChI is InChI=1S/C20H24FN5O/c1-24-11-12-3-2-4-13(6-5-12)18-16(10-22)19(23)26-20(25-18)15-9-14(21)7-8-17(15)27/h7-9,12-13,24,27H,2-6,11H2,1H3,(H2,23,25,26). The van der Waals surface area contributed by atoms with Crippen LogP contribution in [0.25, 0.3) is 11.4 Å². The normalized spacial score (nSPS) is 20.0. The zero-order valence-corrected chi connectivity index (χ0v) is 15.4. The van der Waals surface area contributed by atoms with Gasteiger partial charge in [-0.05, 0) is 63.4 Å². The van der Waals surface area contributed by atoms with E-state index in [0.717, 1.165) is 38.6 Å². The fourth-order valence-electron chi connectivity index (χ4n) is 3.86. The van der Waals surface area contributed by atoms with Crippen LogP contribution in [0.5, 0.6) is 5.75 Å². The number of hydrogen-bond acceptors (Lipinski definition) is 6. The van der Waals surface area contributed by atoms with Gasteiger partial charge in [-0.2, -0.15) is 5.26 Å². The maximum Gasteiger partial charge on any atom is 0.165 e. The predicted octanol–water partition coefficient (Wildman–Crippen LogP) is 3.33. The molecule has 3 rings (SSSR count). The molecule has 2 aromatic rings. The number of nitrogens with two attached hydrogens (primary N) is 1. The number of hydrogen-bond donors (Lipinski definition) is 3. The fraction of sp³-hybridized carbons (Fsp3) is 0.450. The lowest BCUT2D eigenvalue weighted by Crippen LogP contribution is -2.18. The SMILES string of the molecule is CNCC1CCCC(c2nc(-c3cc(F)ccc3O)nc(N)c2C#N)CC1. The molecule has 7 heteroatoms. The van der Waals surface area contributed by atoms with Crippen molar-refractivity contribution in [1.29, 1.82) is 5.26 Å². The molecule has 4 N–H and O–H groups in total. The highest BCUT2D eigenvalue weighted by Crippen LogP contribution is 2.37. The van der Waals surface area contributed by atoms with Crippen molar-refractivity contribution in [2.45, 2.75) is 38.0 Å². The predicted molar refractivity (Wildman–Crippen MR) is 101 cm³/mol. The summed E-state index contributed by atoms with van der Waals surface area (Å²) in [4.78, 5) is 8.70. The third-order valence-electron chi connectivity index (χ3n) is 5.24. The number of anilines is 1. The van der Waals surface area contributed by atoms with Crippen molar-refractivity contribution in [1.82, 2.24) is 15.3 Å². The van der Waals surface area contributed by atoms with Crippen LogP contribution in [0.2, 0.25) is 0 Å². The Morgan fingerprint density at radius 1 is 1.30 bits per heavy atom. The first-order valence-electron chi connectivity index (χ1n) is 9.24. The molecule has 1 saturated carbocycles. The van der Waals surface area contributed by atoms with Crippen LogP contribution >= 0.6 is 0 Å². The number of benzene rings is 1. The first-order valence-corrected chi connectivity index (χ1v) is 9.24. The van der Waals surface area contributed by atoms with Gasteiger partial charge in [-0.15, -0.1) is 0 Å². The van der Waals surface area contributed by atoms with Crippen molar-refractivity contribution < 1.29 is 9.50 Å². The third-order valence-corrected chi connectivity index (χ3v) is 5.24. The Balaban J connectivity index is 2.00. The molecule has 0 spiro atoms. The summed E-state index contributed by atoms with van der Waals surface area (Å²) >= 11 is 0. The maximum atomic E-state index is 13.6. The number of aromatic nitrogens is 2. The van der Waals surface area contributed by atoms with E-state index >= 15 is 0 Å². The highest BCUT2D eigenvalue weighted by Gasteiger charge is 2.26. The summed E-state index contributed by atoms with van der Waals surface area (Å²) in [7, 11) is 1.96. The van der Waals surface area contributed by atoms with Crippen LogP contribution in [0.15, 0.2) is 18.2 Å². The number of nitriles is 1. The highest BCUT2D eigenvalue weighted by atomic mass is 19.1. The molecule has 1 aromatic carbocycles. The summed E-state index contributed by atoms with van der Waals surface area (Å²) in [5, 5.41) is 22.9. The van der Waals surface area contributed by atoms with Crippen LogP contribution in [0.3, 0.4) is 0 Å². The number of phenols is 1. The minimum atomic E-state index is -0.500. The Morgan fingerprint density at radius 3 is 2.85 bits per heavy atom. The number of nitrogens with zero attached hydrogens (tertiary/aromatic N) is 3. The second-order valence-electron chi connectivity index (χ2n) is 7.09. The molecule has 27 heavy (non-hydrogen) atoms. The van der Waals surface area contributed by atoms with Gasteiger partial charge in [0.15, 0.2) is 5.82 Å². The molecule has 142 valence electrons. The van der Waals surface area contributed by atoms with Crippen LogP contribution in [0.1, 0.15) is 49.3 Å². The molecule has 0 aliphatic heterocycles. The van der Waals surface area contributed by atoms with Gasteiger partial charge in [0.1, 0.15) is 29.0 Å². The van der Waals surface area contributed by atoms with Gasteiger partial charge in [-0.25, -0.2) is 14.4 Å². The van der Waals surface area contributed by atoms with E-state index < -0.39 is 5.82 Å². The molecule has 1 heterocycles. The summed E-state index contributed by atoms with van der Waals surface area (Å²) in [6, 6.07) is 5.73. The molecular formula is C20H24FN5O. The summed E-state index contributed by atoms with van der Waals surface area (Å²) in [6.45, 7) is 0.978. The summed E-state index contributed by atoms with van der Waals surface area (Å²) in [5.41, 5.74) is 7.08. The van der Waals surface area contributed by atoms with E-state index in [2.05, 4.69) is 21.4 Å². The number of nitrogen functional groups attached to an aromatic ring is 1. The maximum absolute atomic E-state index is 13.6. The van der Waals surface area contributed by atoms with E-state index in [-0.39, 0.29) is 34.4 Å². The smallest absolute Gasteiger partial charge is 0.165 e. The Labute approximate surface area is 158 Å². The van der Waals surface area contributed by atoms with Gasteiger partial charge in [0.25, 0.3) is 0 Å².